The van der Waals surface area contributed by atoms with Gasteiger partial charge in [0.25, 0.3) is 0 Å². The van der Waals surface area contributed by atoms with Gasteiger partial charge < -0.3 is 4.42 Å². The van der Waals surface area contributed by atoms with Crippen LogP contribution in [0.5, 0.6) is 0 Å². The molecule has 0 saturated carbocycles. The van der Waals surface area contributed by atoms with Gasteiger partial charge >= 0.3 is 0 Å². The molecule has 1 aromatic heterocycles. The largest absolute Gasteiger partial charge is 0.464 e. The van der Waals surface area contributed by atoms with Crippen molar-refractivity contribution in [2.45, 2.75) is 18.7 Å². The lowest BCUT2D eigenvalue weighted by atomic mass is 10.1. The minimum Gasteiger partial charge on any atom is -0.464 e. The monoisotopic (exact) mass is 298 g/mol. The Balaban J connectivity index is 2.24. The molecule has 1 atom stereocenters. The van der Waals surface area contributed by atoms with E-state index in [0.29, 0.717) is 0 Å². The quantitative estimate of drug-likeness (QED) is 0.732. The minimum absolute atomic E-state index is 0.214. The summed E-state index contributed by atoms with van der Waals surface area (Å²) in [5.41, 5.74) is 1.04. The van der Waals surface area contributed by atoms with E-state index >= 15 is 0 Å². The second-order valence-corrected chi connectivity index (χ2v) is 4.92. The molecule has 0 amide bonds. The lowest BCUT2D eigenvalue weighted by molar-refractivity contribution is 0.474. The maximum Gasteiger partial charge on any atom is 0.126 e. The van der Waals surface area contributed by atoms with Crippen molar-refractivity contribution in [3.63, 3.8) is 0 Å². The molecule has 3 heteroatoms. The van der Waals surface area contributed by atoms with Crippen molar-refractivity contribution in [3.8, 4) is 0 Å². The predicted octanol–water partition coefficient (Wildman–Crippen LogP) is 4.93. The van der Waals surface area contributed by atoms with Crippen LogP contribution in [-0.2, 0) is 6.42 Å². The third-order valence-corrected chi connectivity index (χ3v) is 3.44. The molecule has 1 nitrogen and oxygen atoms in total. The van der Waals surface area contributed by atoms with Crippen molar-refractivity contribution in [1.82, 2.24) is 0 Å². The topological polar surface area (TPSA) is 13.1 Å². The Kier molecular flexibility index (Phi) is 3.72. The number of benzene rings is 1. The molecule has 16 heavy (non-hydrogen) atoms. The van der Waals surface area contributed by atoms with Gasteiger partial charge in [0, 0.05) is 10.9 Å². The molecular formula is C13H12BrClO. The Morgan fingerprint density at radius 2 is 1.88 bits per heavy atom. The molecule has 0 saturated heterocycles. The van der Waals surface area contributed by atoms with Crippen molar-refractivity contribution < 1.29 is 4.42 Å². The summed E-state index contributed by atoms with van der Waals surface area (Å²) in [6, 6.07) is 11.9. The van der Waals surface area contributed by atoms with Crippen LogP contribution in [0.15, 0.2) is 45.3 Å². The van der Waals surface area contributed by atoms with E-state index in [9.17, 15) is 0 Å². The van der Waals surface area contributed by atoms with Gasteiger partial charge in [-0.15, -0.1) is 11.6 Å². The smallest absolute Gasteiger partial charge is 0.126 e. The summed E-state index contributed by atoms with van der Waals surface area (Å²) in [7, 11) is 0. The molecule has 2 rings (SSSR count). The average Bonchev–Trinajstić information content (AvgIpc) is 2.77. The van der Waals surface area contributed by atoms with Gasteiger partial charge in [-0.1, -0.05) is 35.0 Å². The summed E-state index contributed by atoms with van der Waals surface area (Å²) in [6.07, 6.45) is 0.893. The molecule has 0 N–H and O–H groups in total. The van der Waals surface area contributed by atoms with Crippen LogP contribution in [0, 0.1) is 0 Å². The van der Waals surface area contributed by atoms with E-state index < -0.39 is 0 Å². The van der Waals surface area contributed by atoms with Crippen LogP contribution >= 0.6 is 27.5 Å². The summed E-state index contributed by atoms with van der Waals surface area (Å²) in [5, 5.41) is -0.214. The molecule has 0 bridgehead atoms. The van der Waals surface area contributed by atoms with Gasteiger partial charge in [-0.05, 0) is 29.8 Å². The lowest BCUT2D eigenvalue weighted by Crippen LogP contribution is -1.90. The summed E-state index contributed by atoms with van der Waals surface area (Å²) in [6.45, 7) is 2.06. The van der Waals surface area contributed by atoms with Gasteiger partial charge in [-0.3, -0.25) is 0 Å². The third kappa shape index (κ3) is 2.50. The van der Waals surface area contributed by atoms with Gasteiger partial charge in [0.15, 0.2) is 0 Å². The number of halogens is 2. The molecular weight excluding hydrogens is 287 g/mol. The van der Waals surface area contributed by atoms with Gasteiger partial charge in [0.2, 0.25) is 0 Å². The molecule has 0 spiro atoms. The van der Waals surface area contributed by atoms with Crippen molar-refractivity contribution in [1.29, 1.82) is 0 Å². The fourth-order valence-electron chi connectivity index (χ4n) is 1.52. The highest BCUT2D eigenvalue weighted by Gasteiger charge is 2.14. The van der Waals surface area contributed by atoms with Gasteiger partial charge in [0.1, 0.15) is 16.9 Å². The second kappa shape index (κ2) is 5.07. The van der Waals surface area contributed by atoms with Crippen LogP contribution in [0.2, 0.25) is 0 Å². The second-order valence-electron chi connectivity index (χ2n) is 3.57. The number of hydrogen-bond donors (Lipinski definition) is 0. The van der Waals surface area contributed by atoms with Crippen LogP contribution in [0.4, 0.5) is 0 Å². The summed E-state index contributed by atoms with van der Waals surface area (Å²) < 4.78 is 6.69. The molecule has 0 radical (unpaired) electrons. The first-order valence-corrected chi connectivity index (χ1v) is 6.41. The van der Waals surface area contributed by atoms with Crippen LogP contribution in [0.25, 0.3) is 0 Å². The summed E-state index contributed by atoms with van der Waals surface area (Å²) in [4.78, 5) is 0. The predicted molar refractivity (Wildman–Crippen MR) is 69.9 cm³/mol. The molecule has 2 aromatic rings. The molecule has 0 aliphatic heterocycles. The fraction of sp³-hybridized carbons (Fsp3) is 0.231. The molecule has 0 aliphatic carbocycles. The van der Waals surface area contributed by atoms with E-state index in [1.54, 1.807) is 0 Å². The summed E-state index contributed by atoms with van der Waals surface area (Å²) >= 11 is 9.74. The lowest BCUT2D eigenvalue weighted by Gasteiger charge is -2.06. The van der Waals surface area contributed by atoms with Crippen molar-refractivity contribution >= 4 is 27.5 Å². The van der Waals surface area contributed by atoms with Crippen molar-refractivity contribution in [2.24, 2.45) is 0 Å². The standard InChI is InChI=1S/C13H12BrClO/c1-2-11-7-8-12(16-11)13(15)9-3-5-10(14)6-4-9/h3-8,13H,2H2,1H3. The van der Waals surface area contributed by atoms with Gasteiger partial charge in [-0.2, -0.15) is 0 Å². The van der Waals surface area contributed by atoms with E-state index in [4.69, 9.17) is 16.0 Å². The van der Waals surface area contributed by atoms with E-state index in [0.717, 1.165) is 28.0 Å². The summed E-state index contributed by atoms with van der Waals surface area (Å²) in [5.74, 6) is 1.78. The first-order chi connectivity index (χ1) is 7.70. The number of rotatable bonds is 3. The zero-order chi connectivity index (χ0) is 11.5. The van der Waals surface area contributed by atoms with Crippen LogP contribution < -0.4 is 0 Å². The SMILES string of the molecule is CCc1ccc(C(Cl)c2ccc(Br)cc2)o1. The number of hydrogen-bond acceptors (Lipinski definition) is 1. The Bertz CT molecular complexity index is 461. The third-order valence-electron chi connectivity index (χ3n) is 2.44. The van der Waals surface area contributed by atoms with E-state index in [1.165, 1.54) is 0 Å². The maximum atomic E-state index is 6.35. The molecule has 1 aromatic carbocycles. The average molecular weight is 300 g/mol. The van der Waals surface area contributed by atoms with Crippen LogP contribution in [-0.4, -0.2) is 0 Å². The normalized spacial score (nSPS) is 12.7. The number of aryl methyl sites for hydroxylation is 1. The van der Waals surface area contributed by atoms with Crippen molar-refractivity contribution in [2.75, 3.05) is 0 Å². The molecule has 1 heterocycles. The molecule has 0 fully saturated rings. The van der Waals surface area contributed by atoms with Crippen LogP contribution in [0.3, 0.4) is 0 Å². The fourth-order valence-corrected chi connectivity index (χ4v) is 2.04. The first-order valence-electron chi connectivity index (χ1n) is 5.19. The number of furan rings is 1. The zero-order valence-corrected chi connectivity index (χ0v) is 11.3. The highest BCUT2D eigenvalue weighted by atomic mass is 79.9. The van der Waals surface area contributed by atoms with E-state index in [2.05, 4.69) is 22.9 Å². The Labute approximate surface area is 109 Å². The van der Waals surface area contributed by atoms with Gasteiger partial charge in [-0.25, -0.2) is 0 Å². The van der Waals surface area contributed by atoms with E-state index in [-0.39, 0.29) is 5.38 Å². The van der Waals surface area contributed by atoms with Crippen LogP contribution in [0.1, 0.15) is 29.4 Å². The Morgan fingerprint density at radius 3 is 2.44 bits per heavy atom. The van der Waals surface area contributed by atoms with Gasteiger partial charge in [0.05, 0.1) is 0 Å². The Hall–Kier alpha value is -0.730. The first kappa shape index (κ1) is 11.7. The molecule has 1 unspecified atom stereocenters. The van der Waals surface area contributed by atoms with E-state index in [1.807, 2.05) is 36.4 Å². The zero-order valence-electron chi connectivity index (χ0n) is 8.91. The number of alkyl halides is 1. The minimum atomic E-state index is -0.214. The highest BCUT2D eigenvalue weighted by Crippen LogP contribution is 2.30. The van der Waals surface area contributed by atoms with Crippen molar-refractivity contribution in [3.05, 3.63) is 58.0 Å². The molecule has 84 valence electrons. The Morgan fingerprint density at radius 1 is 1.19 bits per heavy atom. The molecule has 0 aliphatic rings. The maximum absolute atomic E-state index is 6.35. The highest BCUT2D eigenvalue weighted by molar-refractivity contribution is 9.10.